The van der Waals surface area contributed by atoms with Crippen LogP contribution in [0.15, 0.2) is 36.4 Å². The summed E-state index contributed by atoms with van der Waals surface area (Å²) < 4.78 is 13.7. The number of hydrogen-bond donors (Lipinski definition) is 0. The van der Waals surface area contributed by atoms with Crippen molar-refractivity contribution < 1.29 is 6.11 Å². The molecular formula is C11H10O. The van der Waals surface area contributed by atoms with E-state index in [2.05, 4.69) is 0 Å². The minimum atomic E-state index is -0.925. The molecule has 0 fully saturated rings. The second kappa shape index (κ2) is 1.80. The lowest BCUT2D eigenvalue weighted by atomic mass is 9.89. The molecule has 0 saturated carbocycles. The maximum Gasteiger partial charge on any atom is 0.110 e. The van der Waals surface area contributed by atoms with Crippen LogP contribution in [0.2, 0.25) is 0 Å². The smallest absolute Gasteiger partial charge is 0.110 e. The molecule has 0 unspecified atom stereocenters. The predicted octanol–water partition coefficient (Wildman–Crippen LogP) is 2.54. The summed E-state index contributed by atoms with van der Waals surface area (Å²) in [6.07, 6.45) is 2.88. The highest BCUT2D eigenvalue weighted by Gasteiger charge is 2.42. The van der Waals surface area contributed by atoms with Gasteiger partial charge in [-0.15, -0.1) is 0 Å². The van der Waals surface area contributed by atoms with E-state index >= 15 is 0 Å². The van der Waals surface area contributed by atoms with Crippen molar-refractivity contribution in [3.63, 3.8) is 0 Å². The van der Waals surface area contributed by atoms with Crippen molar-refractivity contribution in [1.29, 1.82) is 0 Å². The Morgan fingerprint density at radius 3 is 3.17 bits per heavy atom. The van der Waals surface area contributed by atoms with Gasteiger partial charge in [-0.3, -0.25) is 0 Å². The molecule has 0 amide bonds. The third-order valence-corrected chi connectivity index (χ3v) is 2.60. The first-order chi connectivity index (χ1) is 6.14. The van der Waals surface area contributed by atoms with Gasteiger partial charge in [0.15, 0.2) is 0 Å². The van der Waals surface area contributed by atoms with Gasteiger partial charge in [0.2, 0.25) is 0 Å². The SMILES string of the molecule is [2H][C@@]12C=C[C@@](C)(O1)c1ccccc12. The number of rotatable bonds is 0. The van der Waals surface area contributed by atoms with Crippen molar-refractivity contribution in [3.8, 4) is 0 Å². The molecule has 2 aliphatic rings. The van der Waals surface area contributed by atoms with E-state index in [4.69, 9.17) is 6.11 Å². The van der Waals surface area contributed by atoms with Crippen molar-refractivity contribution in [2.45, 2.75) is 18.6 Å². The zero-order chi connectivity index (χ0) is 9.10. The van der Waals surface area contributed by atoms with Gasteiger partial charge >= 0.3 is 0 Å². The third-order valence-electron chi connectivity index (χ3n) is 2.60. The molecule has 0 aromatic heterocycles. The van der Waals surface area contributed by atoms with Crippen LogP contribution in [0.1, 0.15) is 25.5 Å². The number of benzene rings is 1. The van der Waals surface area contributed by atoms with Gasteiger partial charge in [0, 0.05) is 0 Å². The first kappa shape index (κ1) is 5.55. The highest BCUT2D eigenvalue weighted by atomic mass is 16.5. The Morgan fingerprint density at radius 2 is 2.33 bits per heavy atom. The summed E-state index contributed by atoms with van der Waals surface area (Å²) in [5.74, 6) is 0. The van der Waals surface area contributed by atoms with Crippen LogP contribution in [0.3, 0.4) is 0 Å². The standard InChI is InChI=1S/C11H10O/c1-11-7-6-10(12-11)8-4-2-3-5-9(8)11/h2-7,10H,1H3/t10-,11+/m0/s1/i10D. The molecule has 12 heavy (non-hydrogen) atoms. The Labute approximate surface area is 73.1 Å². The Balaban J connectivity index is 2.35. The molecule has 0 aliphatic carbocycles. The highest BCUT2D eigenvalue weighted by Crippen LogP contribution is 2.49. The van der Waals surface area contributed by atoms with Gasteiger partial charge in [-0.05, 0) is 24.1 Å². The Bertz CT molecular complexity index is 375. The van der Waals surface area contributed by atoms with Gasteiger partial charge < -0.3 is 4.74 Å². The van der Waals surface area contributed by atoms with Crippen molar-refractivity contribution >= 4 is 0 Å². The van der Waals surface area contributed by atoms with E-state index in [1.165, 1.54) is 0 Å². The molecule has 0 spiro atoms. The molecule has 3 rings (SSSR count). The summed E-state index contributed by atoms with van der Waals surface area (Å²) in [5, 5.41) is 0. The zero-order valence-corrected chi connectivity index (χ0v) is 6.87. The first-order valence-electron chi connectivity index (χ1n) is 4.65. The van der Waals surface area contributed by atoms with E-state index < -0.39 is 6.08 Å². The molecule has 1 aromatic rings. The van der Waals surface area contributed by atoms with E-state index in [0.29, 0.717) is 0 Å². The molecule has 2 atom stereocenters. The average molecular weight is 159 g/mol. The average Bonchev–Trinajstić information content (AvgIpc) is 2.55. The Hall–Kier alpha value is -1.08. The summed E-state index contributed by atoms with van der Waals surface area (Å²) in [4.78, 5) is 0. The van der Waals surface area contributed by atoms with Crippen molar-refractivity contribution in [1.82, 2.24) is 0 Å². The monoisotopic (exact) mass is 159 g/mol. The lowest BCUT2D eigenvalue weighted by molar-refractivity contribution is 0.0113. The Morgan fingerprint density at radius 1 is 1.50 bits per heavy atom. The fraction of sp³-hybridized carbons (Fsp3) is 0.273. The van der Waals surface area contributed by atoms with Crippen LogP contribution in [0, 0.1) is 0 Å². The van der Waals surface area contributed by atoms with Crippen LogP contribution in [0.25, 0.3) is 0 Å². The third kappa shape index (κ3) is 0.585. The van der Waals surface area contributed by atoms with E-state index in [1.54, 1.807) is 0 Å². The van der Waals surface area contributed by atoms with Gasteiger partial charge in [0.05, 0.1) is 1.37 Å². The maximum atomic E-state index is 8.07. The van der Waals surface area contributed by atoms with E-state index in [-0.39, 0.29) is 5.60 Å². The molecular weight excluding hydrogens is 148 g/mol. The maximum absolute atomic E-state index is 8.07. The molecule has 0 saturated heterocycles. The summed E-state index contributed by atoms with van der Waals surface area (Å²) >= 11 is 0. The molecule has 1 aromatic carbocycles. The summed E-state index contributed by atoms with van der Waals surface area (Å²) in [7, 11) is 0. The van der Waals surface area contributed by atoms with Gasteiger partial charge in [0.25, 0.3) is 0 Å². The van der Waals surface area contributed by atoms with Crippen molar-refractivity contribution in [2.75, 3.05) is 0 Å². The zero-order valence-electron chi connectivity index (χ0n) is 7.87. The van der Waals surface area contributed by atoms with E-state index in [0.717, 1.165) is 11.1 Å². The summed E-state index contributed by atoms with van der Waals surface area (Å²) in [6.45, 7) is 2.01. The lowest BCUT2D eigenvalue weighted by Gasteiger charge is -2.17. The minimum Gasteiger partial charge on any atom is -0.354 e. The summed E-state index contributed by atoms with van der Waals surface area (Å²) in [5.41, 5.74) is 1.76. The highest BCUT2D eigenvalue weighted by molar-refractivity contribution is 5.46. The van der Waals surface area contributed by atoms with Crippen LogP contribution < -0.4 is 0 Å². The first-order valence-corrected chi connectivity index (χ1v) is 4.15. The molecule has 0 N–H and O–H groups in total. The Kier molecular flexibility index (Phi) is 0.833. The molecule has 2 bridgehead atoms. The molecule has 1 nitrogen and oxygen atoms in total. The van der Waals surface area contributed by atoms with Crippen molar-refractivity contribution in [2.24, 2.45) is 0 Å². The number of ether oxygens (including phenoxy) is 1. The quantitative estimate of drug-likeness (QED) is 0.528. The van der Waals surface area contributed by atoms with Crippen LogP contribution >= 0.6 is 0 Å². The fourth-order valence-corrected chi connectivity index (χ4v) is 1.95. The van der Waals surface area contributed by atoms with Crippen LogP contribution in [0.5, 0.6) is 0 Å². The normalized spacial score (nSPS) is 42.9. The predicted molar refractivity (Wildman–Crippen MR) is 46.8 cm³/mol. The molecule has 1 heteroatoms. The van der Waals surface area contributed by atoms with Crippen LogP contribution in [-0.4, -0.2) is 0 Å². The molecule has 2 aliphatic heterocycles. The molecule has 2 heterocycles. The van der Waals surface area contributed by atoms with Crippen LogP contribution in [-0.2, 0) is 10.3 Å². The van der Waals surface area contributed by atoms with Gasteiger partial charge in [-0.1, -0.05) is 30.3 Å². The van der Waals surface area contributed by atoms with Gasteiger partial charge in [-0.25, -0.2) is 0 Å². The van der Waals surface area contributed by atoms with E-state index in [1.807, 2.05) is 43.3 Å². The van der Waals surface area contributed by atoms with Crippen molar-refractivity contribution in [3.05, 3.63) is 47.5 Å². The number of hydrogen-bond acceptors (Lipinski definition) is 1. The molecule has 60 valence electrons. The second-order valence-electron chi connectivity index (χ2n) is 3.45. The fourth-order valence-electron chi connectivity index (χ4n) is 1.95. The number of fused-ring (bicyclic) bond motifs is 5. The largest absolute Gasteiger partial charge is 0.354 e. The van der Waals surface area contributed by atoms with Gasteiger partial charge in [0.1, 0.15) is 11.7 Å². The molecule has 0 radical (unpaired) electrons. The van der Waals surface area contributed by atoms with E-state index in [9.17, 15) is 0 Å². The van der Waals surface area contributed by atoms with Gasteiger partial charge in [-0.2, -0.15) is 0 Å². The second-order valence-corrected chi connectivity index (χ2v) is 3.45. The van der Waals surface area contributed by atoms with Crippen LogP contribution in [0.4, 0.5) is 0 Å². The summed E-state index contributed by atoms with van der Waals surface area (Å²) in [6, 6.07) is 7.95. The minimum absolute atomic E-state index is 0.363. The topological polar surface area (TPSA) is 9.23 Å². The lowest BCUT2D eigenvalue weighted by Crippen LogP contribution is -2.14.